The lowest BCUT2D eigenvalue weighted by Gasteiger charge is -2.16. The fourth-order valence-corrected chi connectivity index (χ4v) is 3.54. The Kier molecular flexibility index (Phi) is 6.60. The molecule has 2 amide bonds. The number of nitrogens with zero attached hydrogens (tertiary/aromatic N) is 3. The molecule has 0 bridgehead atoms. The number of esters is 1. The van der Waals surface area contributed by atoms with Crippen molar-refractivity contribution in [3.8, 4) is 11.4 Å². The zero-order valence-electron chi connectivity index (χ0n) is 17.9. The summed E-state index contributed by atoms with van der Waals surface area (Å²) in [4.78, 5) is 35.5. The highest BCUT2D eigenvalue weighted by Crippen LogP contribution is 2.23. The van der Waals surface area contributed by atoms with Crippen molar-refractivity contribution in [3.05, 3.63) is 66.4 Å². The second-order valence-electron chi connectivity index (χ2n) is 7.39. The van der Waals surface area contributed by atoms with Crippen molar-refractivity contribution < 1.29 is 14.3 Å². The van der Waals surface area contributed by atoms with E-state index in [9.17, 15) is 9.59 Å². The van der Waals surface area contributed by atoms with Crippen LogP contribution in [0.25, 0.3) is 11.4 Å². The Bertz CT molecular complexity index is 1090. The van der Waals surface area contributed by atoms with Crippen LogP contribution < -0.4 is 15.5 Å². The molecule has 2 heterocycles. The molecule has 4 rings (SSSR count). The lowest BCUT2D eigenvalue weighted by atomic mass is 10.2. The van der Waals surface area contributed by atoms with Gasteiger partial charge in [0.05, 0.1) is 12.2 Å². The summed E-state index contributed by atoms with van der Waals surface area (Å²) in [5.74, 6) is 1.15. The highest BCUT2D eigenvalue weighted by Gasteiger charge is 2.15. The average molecular weight is 431 g/mol. The summed E-state index contributed by atoms with van der Waals surface area (Å²) in [6, 6.07) is 15.5. The number of benzene rings is 2. The Labute approximate surface area is 186 Å². The number of aromatic nitrogens is 2. The van der Waals surface area contributed by atoms with Crippen LogP contribution in [0.3, 0.4) is 0 Å². The number of ether oxygens (including phenoxy) is 1. The van der Waals surface area contributed by atoms with E-state index in [-0.39, 0.29) is 0 Å². The molecule has 1 aliphatic heterocycles. The molecule has 32 heavy (non-hydrogen) atoms. The van der Waals surface area contributed by atoms with Gasteiger partial charge in [-0.3, -0.25) is 0 Å². The number of amides is 2. The van der Waals surface area contributed by atoms with Gasteiger partial charge in [0.15, 0.2) is 5.82 Å². The summed E-state index contributed by atoms with van der Waals surface area (Å²) in [6.07, 6.45) is 4.13. The molecule has 0 radical (unpaired) electrons. The molecule has 0 spiro atoms. The van der Waals surface area contributed by atoms with Crippen LogP contribution in [-0.2, 0) is 4.74 Å². The van der Waals surface area contributed by atoms with Crippen LogP contribution in [0.1, 0.15) is 30.1 Å². The van der Waals surface area contributed by atoms with Gasteiger partial charge in [0, 0.05) is 36.2 Å². The highest BCUT2D eigenvalue weighted by molar-refractivity contribution is 6.00. The number of nitrogens with one attached hydrogen (secondary N) is 2. The van der Waals surface area contributed by atoms with Crippen LogP contribution in [0.5, 0.6) is 0 Å². The van der Waals surface area contributed by atoms with Crippen LogP contribution >= 0.6 is 0 Å². The van der Waals surface area contributed by atoms with Crippen molar-refractivity contribution in [3.63, 3.8) is 0 Å². The van der Waals surface area contributed by atoms with Crippen LogP contribution in [0.4, 0.5) is 22.0 Å². The molecule has 1 fully saturated rings. The number of rotatable bonds is 6. The standard InChI is InChI=1S/C24H25N5O3/c1-2-32-23(30)17-8-10-19(11-9-17)26-24(31)27-20-7-5-6-18(16-20)22-25-13-12-21(28-22)29-14-3-4-15-29/h5-13,16H,2-4,14-15H2,1H3,(H2,26,27,31). The van der Waals surface area contributed by atoms with E-state index < -0.39 is 12.0 Å². The molecule has 0 atom stereocenters. The van der Waals surface area contributed by atoms with Gasteiger partial charge < -0.3 is 20.3 Å². The zero-order chi connectivity index (χ0) is 22.3. The van der Waals surface area contributed by atoms with Gasteiger partial charge in [-0.05, 0) is 62.2 Å². The molecule has 1 saturated heterocycles. The van der Waals surface area contributed by atoms with E-state index in [1.165, 1.54) is 12.8 Å². The molecule has 1 aromatic heterocycles. The summed E-state index contributed by atoms with van der Waals surface area (Å²) in [6.45, 7) is 4.09. The number of urea groups is 1. The maximum Gasteiger partial charge on any atom is 0.338 e. The van der Waals surface area contributed by atoms with Gasteiger partial charge in [0.2, 0.25) is 0 Å². The molecular weight excluding hydrogens is 406 g/mol. The quantitative estimate of drug-likeness (QED) is 0.555. The first kappa shape index (κ1) is 21.3. The first-order valence-electron chi connectivity index (χ1n) is 10.7. The van der Waals surface area contributed by atoms with E-state index in [4.69, 9.17) is 9.72 Å². The Morgan fingerprint density at radius 3 is 2.50 bits per heavy atom. The van der Waals surface area contributed by atoms with E-state index in [2.05, 4.69) is 20.5 Å². The average Bonchev–Trinajstić information content (AvgIpc) is 3.35. The smallest absolute Gasteiger partial charge is 0.338 e. The van der Waals surface area contributed by atoms with Gasteiger partial charge >= 0.3 is 12.0 Å². The molecule has 1 aliphatic rings. The van der Waals surface area contributed by atoms with Crippen molar-refractivity contribution in [2.24, 2.45) is 0 Å². The minimum atomic E-state index is -0.392. The van der Waals surface area contributed by atoms with Gasteiger partial charge in [0.1, 0.15) is 5.82 Å². The van der Waals surface area contributed by atoms with E-state index in [1.54, 1.807) is 43.5 Å². The first-order valence-corrected chi connectivity index (χ1v) is 10.7. The summed E-state index contributed by atoms with van der Waals surface area (Å²) in [5, 5.41) is 5.57. The number of hydrogen-bond donors (Lipinski definition) is 2. The van der Waals surface area contributed by atoms with Gasteiger partial charge in [0.25, 0.3) is 0 Å². The second kappa shape index (κ2) is 9.91. The summed E-state index contributed by atoms with van der Waals surface area (Å²) >= 11 is 0. The van der Waals surface area contributed by atoms with Crippen LogP contribution in [0, 0.1) is 0 Å². The molecule has 164 valence electrons. The third-order valence-corrected chi connectivity index (χ3v) is 5.10. The molecule has 8 nitrogen and oxygen atoms in total. The predicted molar refractivity (Wildman–Crippen MR) is 124 cm³/mol. The normalized spacial score (nSPS) is 13.0. The molecule has 0 unspecified atom stereocenters. The predicted octanol–water partition coefficient (Wildman–Crippen LogP) is 4.56. The Morgan fingerprint density at radius 1 is 1.00 bits per heavy atom. The SMILES string of the molecule is CCOC(=O)c1ccc(NC(=O)Nc2cccc(-c3nccc(N4CCCC4)n3)c2)cc1. The van der Waals surface area contributed by atoms with E-state index in [1.807, 2.05) is 24.3 Å². The van der Waals surface area contributed by atoms with E-state index in [0.717, 1.165) is 24.5 Å². The molecule has 2 aromatic carbocycles. The number of carbonyl (C=O) groups excluding carboxylic acids is 2. The fraction of sp³-hybridized carbons (Fsp3) is 0.250. The van der Waals surface area contributed by atoms with Crippen molar-refractivity contribution in [2.45, 2.75) is 19.8 Å². The highest BCUT2D eigenvalue weighted by atomic mass is 16.5. The third-order valence-electron chi connectivity index (χ3n) is 5.10. The van der Waals surface area contributed by atoms with Crippen molar-refractivity contribution in [2.75, 3.05) is 35.2 Å². The second-order valence-corrected chi connectivity index (χ2v) is 7.39. The molecule has 8 heteroatoms. The number of anilines is 3. The lowest BCUT2D eigenvalue weighted by Crippen LogP contribution is -2.19. The van der Waals surface area contributed by atoms with Crippen LogP contribution in [-0.4, -0.2) is 41.7 Å². The van der Waals surface area contributed by atoms with E-state index >= 15 is 0 Å². The lowest BCUT2D eigenvalue weighted by molar-refractivity contribution is 0.0526. The molecular formula is C24H25N5O3. The van der Waals surface area contributed by atoms with Crippen molar-refractivity contribution in [1.29, 1.82) is 0 Å². The molecule has 3 aromatic rings. The molecule has 0 saturated carbocycles. The topological polar surface area (TPSA) is 96.4 Å². The maximum atomic E-state index is 12.4. The third kappa shape index (κ3) is 5.21. The largest absolute Gasteiger partial charge is 0.462 e. The zero-order valence-corrected chi connectivity index (χ0v) is 17.9. The minimum absolute atomic E-state index is 0.313. The van der Waals surface area contributed by atoms with Gasteiger partial charge in [-0.15, -0.1) is 0 Å². The number of hydrogen-bond acceptors (Lipinski definition) is 6. The number of carbonyl (C=O) groups is 2. The van der Waals surface area contributed by atoms with Crippen LogP contribution in [0.15, 0.2) is 60.8 Å². The molecule has 2 N–H and O–H groups in total. The Balaban J connectivity index is 1.41. The minimum Gasteiger partial charge on any atom is -0.462 e. The van der Waals surface area contributed by atoms with Crippen LogP contribution in [0.2, 0.25) is 0 Å². The summed E-state index contributed by atoms with van der Waals surface area (Å²) in [5.41, 5.74) is 2.44. The summed E-state index contributed by atoms with van der Waals surface area (Å²) in [7, 11) is 0. The molecule has 0 aliphatic carbocycles. The van der Waals surface area contributed by atoms with Crippen molar-refractivity contribution in [1.82, 2.24) is 9.97 Å². The van der Waals surface area contributed by atoms with Gasteiger partial charge in [-0.2, -0.15) is 0 Å². The summed E-state index contributed by atoms with van der Waals surface area (Å²) < 4.78 is 4.96. The Morgan fingerprint density at radius 2 is 1.75 bits per heavy atom. The van der Waals surface area contributed by atoms with E-state index in [0.29, 0.717) is 29.4 Å². The first-order chi connectivity index (χ1) is 15.6. The monoisotopic (exact) mass is 431 g/mol. The van der Waals surface area contributed by atoms with Gasteiger partial charge in [-0.1, -0.05) is 12.1 Å². The Hall–Kier alpha value is -3.94. The van der Waals surface area contributed by atoms with Gasteiger partial charge in [-0.25, -0.2) is 19.6 Å². The maximum absolute atomic E-state index is 12.4. The van der Waals surface area contributed by atoms with Crippen molar-refractivity contribution >= 4 is 29.2 Å². The fourth-order valence-electron chi connectivity index (χ4n) is 3.54.